The summed E-state index contributed by atoms with van der Waals surface area (Å²) in [7, 11) is 1.61. The highest BCUT2D eigenvalue weighted by Gasteiger charge is 2.16. The lowest BCUT2D eigenvalue weighted by molar-refractivity contribution is 0.0523. The number of carbonyl (C=O) groups is 1. The molecule has 7 heteroatoms. The molecular formula is C22H26N2O5. The Morgan fingerprint density at radius 2 is 2.03 bits per heavy atom. The number of nitrogens with zero attached hydrogens (tertiary/aromatic N) is 1. The maximum Gasteiger partial charge on any atom is 0.407 e. The zero-order chi connectivity index (χ0) is 21.0. The number of aromatic nitrogens is 1. The first-order chi connectivity index (χ1) is 13.8. The molecule has 2 heterocycles. The van der Waals surface area contributed by atoms with Gasteiger partial charge in [-0.05, 0) is 62.2 Å². The lowest BCUT2D eigenvalue weighted by Crippen LogP contribution is -2.32. The first kappa shape index (κ1) is 20.8. The van der Waals surface area contributed by atoms with Crippen LogP contribution in [0, 0.1) is 0 Å². The number of fused-ring (bicyclic) bond motifs is 1. The number of amides is 1. The first-order valence-corrected chi connectivity index (χ1v) is 9.36. The molecule has 3 rings (SSSR count). The van der Waals surface area contributed by atoms with Crippen LogP contribution in [-0.2, 0) is 29.2 Å². The molecule has 154 valence electrons. The number of nitrogens with one attached hydrogen (secondary N) is 1. The van der Waals surface area contributed by atoms with Crippen molar-refractivity contribution in [2.24, 2.45) is 0 Å². The van der Waals surface area contributed by atoms with Gasteiger partial charge in [0.1, 0.15) is 23.6 Å². The predicted molar refractivity (Wildman–Crippen MR) is 109 cm³/mol. The van der Waals surface area contributed by atoms with Crippen molar-refractivity contribution in [3.63, 3.8) is 0 Å². The van der Waals surface area contributed by atoms with Crippen molar-refractivity contribution in [3.05, 3.63) is 53.5 Å². The van der Waals surface area contributed by atoms with Crippen molar-refractivity contribution >= 4 is 17.1 Å². The van der Waals surface area contributed by atoms with Gasteiger partial charge in [-0.25, -0.2) is 4.79 Å². The Kier molecular flexibility index (Phi) is 6.20. The molecule has 7 nitrogen and oxygen atoms in total. The Morgan fingerprint density at radius 1 is 1.24 bits per heavy atom. The van der Waals surface area contributed by atoms with Gasteiger partial charge in [0.2, 0.25) is 0 Å². The fourth-order valence-corrected chi connectivity index (χ4v) is 3.01. The average Bonchev–Trinajstić information content (AvgIpc) is 3.07. The van der Waals surface area contributed by atoms with Crippen molar-refractivity contribution < 1.29 is 23.8 Å². The lowest BCUT2D eigenvalue weighted by Gasteiger charge is -2.19. The van der Waals surface area contributed by atoms with Gasteiger partial charge in [0.25, 0.3) is 0 Å². The minimum Gasteiger partial charge on any atom is -0.458 e. The Hall–Kier alpha value is -2.90. The molecule has 0 saturated heterocycles. The van der Waals surface area contributed by atoms with Gasteiger partial charge < -0.3 is 24.3 Å². The molecule has 1 aromatic carbocycles. The van der Waals surface area contributed by atoms with Crippen molar-refractivity contribution in [3.8, 4) is 11.1 Å². The number of carbonyl (C=O) groups excluding carboxylic acids is 1. The van der Waals surface area contributed by atoms with Crippen LogP contribution in [0.2, 0.25) is 0 Å². The second-order valence-corrected chi connectivity index (χ2v) is 7.76. The van der Waals surface area contributed by atoms with Crippen LogP contribution in [0.3, 0.4) is 0 Å². The lowest BCUT2D eigenvalue weighted by atomic mass is 10.0. The zero-order valence-electron chi connectivity index (χ0n) is 17.1. The highest BCUT2D eigenvalue weighted by atomic mass is 16.6. The second-order valence-electron chi connectivity index (χ2n) is 7.76. The summed E-state index contributed by atoms with van der Waals surface area (Å²) in [6, 6.07) is 9.45. The van der Waals surface area contributed by atoms with Crippen LogP contribution in [0.1, 0.15) is 37.8 Å². The summed E-state index contributed by atoms with van der Waals surface area (Å²) in [4.78, 5) is 16.2. The molecule has 1 amide bonds. The van der Waals surface area contributed by atoms with E-state index in [1.807, 2.05) is 51.1 Å². The van der Waals surface area contributed by atoms with E-state index in [4.69, 9.17) is 13.9 Å². The molecule has 2 aromatic heterocycles. The number of aliphatic hydroxyl groups excluding tert-OH is 1. The van der Waals surface area contributed by atoms with Crippen LogP contribution in [0.25, 0.3) is 22.1 Å². The summed E-state index contributed by atoms with van der Waals surface area (Å²) >= 11 is 0. The van der Waals surface area contributed by atoms with E-state index in [0.717, 1.165) is 22.1 Å². The molecule has 29 heavy (non-hydrogen) atoms. The van der Waals surface area contributed by atoms with Gasteiger partial charge in [0.05, 0.1) is 18.8 Å². The van der Waals surface area contributed by atoms with Gasteiger partial charge in [0, 0.05) is 24.3 Å². The maximum atomic E-state index is 11.9. The third-order valence-electron chi connectivity index (χ3n) is 4.14. The van der Waals surface area contributed by atoms with Gasteiger partial charge in [-0.3, -0.25) is 4.98 Å². The molecule has 2 N–H and O–H groups in total. The fourth-order valence-electron chi connectivity index (χ4n) is 3.01. The zero-order valence-corrected chi connectivity index (χ0v) is 17.1. The van der Waals surface area contributed by atoms with Crippen LogP contribution in [0.4, 0.5) is 4.79 Å². The van der Waals surface area contributed by atoms with Crippen LogP contribution in [-0.4, -0.2) is 28.9 Å². The SMILES string of the molecule is COCc1cc2cc(CO)cc(-c3ccnc(CNC(=O)OC(C)(C)C)c3)c2o1. The molecule has 0 radical (unpaired) electrons. The van der Waals surface area contributed by atoms with Crippen molar-refractivity contribution in [1.29, 1.82) is 0 Å². The normalized spacial score (nSPS) is 11.6. The van der Waals surface area contributed by atoms with E-state index < -0.39 is 11.7 Å². The molecular weight excluding hydrogens is 372 g/mol. The molecule has 0 bridgehead atoms. The molecule has 0 fully saturated rings. The molecule has 0 saturated carbocycles. The number of alkyl carbamates (subject to hydrolysis) is 1. The van der Waals surface area contributed by atoms with E-state index in [2.05, 4.69) is 10.3 Å². The minimum atomic E-state index is -0.561. The number of hydrogen-bond donors (Lipinski definition) is 2. The molecule has 0 aliphatic rings. The standard InChI is InChI=1S/C22H26N2O5/c1-22(2,3)29-21(26)24-11-17-9-15(5-6-23-17)19-8-14(12-25)7-16-10-18(13-27-4)28-20(16)19/h5-10,25H,11-13H2,1-4H3,(H,24,26). The monoisotopic (exact) mass is 398 g/mol. The molecule has 3 aromatic rings. The summed E-state index contributed by atoms with van der Waals surface area (Å²) in [6.07, 6.45) is 1.18. The number of furan rings is 1. The Labute approximate surface area is 169 Å². The Bertz CT molecular complexity index is 1000. The van der Waals surface area contributed by atoms with Gasteiger partial charge in [-0.2, -0.15) is 0 Å². The number of pyridine rings is 1. The maximum absolute atomic E-state index is 11.9. The van der Waals surface area contributed by atoms with E-state index in [9.17, 15) is 9.90 Å². The van der Waals surface area contributed by atoms with Crippen molar-refractivity contribution in [1.82, 2.24) is 10.3 Å². The summed E-state index contributed by atoms with van der Waals surface area (Å²) in [5.74, 6) is 0.708. The topological polar surface area (TPSA) is 93.8 Å². The number of ether oxygens (including phenoxy) is 2. The van der Waals surface area contributed by atoms with E-state index >= 15 is 0 Å². The minimum absolute atomic E-state index is 0.0775. The van der Waals surface area contributed by atoms with Gasteiger partial charge in [0.15, 0.2) is 0 Å². The number of hydrogen-bond acceptors (Lipinski definition) is 6. The highest BCUT2D eigenvalue weighted by Crippen LogP contribution is 2.33. The smallest absolute Gasteiger partial charge is 0.407 e. The van der Waals surface area contributed by atoms with E-state index in [-0.39, 0.29) is 13.2 Å². The van der Waals surface area contributed by atoms with Crippen molar-refractivity contribution in [2.75, 3.05) is 7.11 Å². The van der Waals surface area contributed by atoms with E-state index in [0.29, 0.717) is 23.6 Å². The third kappa shape index (κ3) is 5.34. The van der Waals surface area contributed by atoms with Gasteiger partial charge >= 0.3 is 6.09 Å². The van der Waals surface area contributed by atoms with Gasteiger partial charge in [-0.1, -0.05) is 0 Å². The number of methoxy groups -OCH3 is 1. The fraction of sp³-hybridized carbons (Fsp3) is 0.364. The number of benzene rings is 1. The quantitative estimate of drug-likeness (QED) is 0.648. The Morgan fingerprint density at radius 3 is 2.72 bits per heavy atom. The number of rotatable bonds is 6. The van der Waals surface area contributed by atoms with Crippen LogP contribution in [0.5, 0.6) is 0 Å². The third-order valence-corrected chi connectivity index (χ3v) is 4.14. The van der Waals surface area contributed by atoms with Crippen LogP contribution in [0.15, 0.2) is 40.9 Å². The average molecular weight is 398 g/mol. The van der Waals surface area contributed by atoms with E-state index in [1.165, 1.54) is 0 Å². The van der Waals surface area contributed by atoms with Crippen LogP contribution >= 0.6 is 0 Å². The van der Waals surface area contributed by atoms with Crippen LogP contribution < -0.4 is 5.32 Å². The summed E-state index contributed by atoms with van der Waals surface area (Å²) in [5.41, 5.74) is 3.33. The second kappa shape index (κ2) is 8.63. The predicted octanol–water partition coefficient (Wildman–Crippen LogP) is 4.16. The van der Waals surface area contributed by atoms with Crippen molar-refractivity contribution in [2.45, 2.75) is 46.1 Å². The number of aliphatic hydroxyl groups is 1. The molecule has 0 aliphatic carbocycles. The van der Waals surface area contributed by atoms with Gasteiger partial charge in [-0.15, -0.1) is 0 Å². The summed E-state index contributed by atoms with van der Waals surface area (Å²) < 4.78 is 16.4. The largest absolute Gasteiger partial charge is 0.458 e. The highest BCUT2D eigenvalue weighted by molar-refractivity contribution is 5.93. The molecule has 0 unspecified atom stereocenters. The Balaban J connectivity index is 1.89. The molecule has 0 aliphatic heterocycles. The van der Waals surface area contributed by atoms with E-state index in [1.54, 1.807) is 13.3 Å². The molecule has 0 spiro atoms. The summed E-state index contributed by atoms with van der Waals surface area (Å²) in [5, 5.41) is 13.2. The summed E-state index contributed by atoms with van der Waals surface area (Å²) in [6.45, 7) is 5.96. The first-order valence-electron chi connectivity index (χ1n) is 9.36. The molecule has 0 atom stereocenters.